The molecular weight excluding hydrogens is 282 g/mol. The first-order valence-electron chi connectivity index (χ1n) is 8.36. The third-order valence-corrected chi connectivity index (χ3v) is 3.51. The molecule has 0 atom stereocenters. The zero-order valence-electron chi connectivity index (χ0n) is 15.1. The van der Waals surface area contributed by atoms with Crippen LogP contribution < -0.4 is 16.0 Å². The van der Waals surface area contributed by atoms with E-state index < -0.39 is 0 Å². The van der Waals surface area contributed by atoms with Crippen LogP contribution in [0.2, 0.25) is 0 Å². The molecule has 0 fully saturated rings. The molecule has 0 spiro atoms. The highest BCUT2D eigenvalue weighted by Gasteiger charge is 2.09. The summed E-state index contributed by atoms with van der Waals surface area (Å²) in [5.74, 6) is 0. The highest BCUT2D eigenvalue weighted by molar-refractivity contribution is 5.81. The van der Waals surface area contributed by atoms with Gasteiger partial charge in [0.15, 0.2) is 0 Å². The number of anilines is 4. The Morgan fingerprint density at radius 1 is 0.609 bits per heavy atom. The molecule has 0 bridgehead atoms. The first-order chi connectivity index (χ1) is 10.8. The van der Waals surface area contributed by atoms with Gasteiger partial charge in [-0.2, -0.15) is 0 Å². The van der Waals surface area contributed by atoms with E-state index in [9.17, 15) is 0 Å². The number of hydrogen-bond donors (Lipinski definition) is 3. The summed E-state index contributed by atoms with van der Waals surface area (Å²) in [6, 6.07) is 13.7. The van der Waals surface area contributed by atoms with Crippen molar-refractivity contribution >= 4 is 22.7 Å². The van der Waals surface area contributed by atoms with Gasteiger partial charge in [0.25, 0.3) is 0 Å². The molecule has 0 aliphatic rings. The van der Waals surface area contributed by atoms with Gasteiger partial charge < -0.3 is 16.0 Å². The zero-order chi connectivity index (χ0) is 17.0. The topological polar surface area (TPSA) is 36.1 Å². The Kier molecular flexibility index (Phi) is 5.54. The maximum Gasteiger partial charge on any atom is 0.0620 e. The summed E-state index contributed by atoms with van der Waals surface area (Å²) in [5, 5.41) is 10.6. The lowest BCUT2D eigenvalue weighted by atomic mass is 10.1. The van der Waals surface area contributed by atoms with E-state index in [0.717, 1.165) is 22.7 Å². The van der Waals surface area contributed by atoms with Crippen molar-refractivity contribution in [2.45, 2.75) is 53.6 Å². The predicted octanol–water partition coefficient (Wildman–Crippen LogP) is 5.69. The Morgan fingerprint density at radius 2 is 1.00 bits per heavy atom. The monoisotopic (exact) mass is 311 g/mol. The van der Waals surface area contributed by atoms with Crippen LogP contribution >= 0.6 is 0 Å². The average molecular weight is 311 g/mol. The molecule has 3 nitrogen and oxygen atoms in total. The summed E-state index contributed by atoms with van der Waals surface area (Å²) in [4.78, 5) is 0. The molecule has 2 aromatic carbocycles. The number of benzene rings is 2. The lowest BCUT2D eigenvalue weighted by Crippen LogP contribution is -2.13. The third-order valence-electron chi connectivity index (χ3n) is 3.51. The molecule has 0 saturated heterocycles. The van der Waals surface area contributed by atoms with Crippen LogP contribution in [0.4, 0.5) is 22.7 Å². The van der Waals surface area contributed by atoms with Gasteiger partial charge in [0, 0.05) is 12.1 Å². The third kappa shape index (κ3) is 4.92. The lowest BCUT2D eigenvalue weighted by Gasteiger charge is -2.20. The van der Waals surface area contributed by atoms with Gasteiger partial charge in [0.1, 0.15) is 0 Å². The fraction of sp³-hybridized carbons (Fsp3) is 0.400. The largest absolute Gasteiger partial charge is 0.381 e. The molecule has 23 heavy (non-hydrogen) atoms. The predicted molar refractivity (Wildman–Crippen MR) is 103 cm³/mol. The molecular formula is C20H29N3. The van der Waals surface area contributed by atoms with Crippen LogP contribution in [0.5, 0.6) is 0 Å². The number of nitrogens with one attached hydrogen (secondary N) is 3. The first kappa shape index (κ1) is 17.2. The molecule has 0 unspecified atom stereocenters. The lowest BCUT2D eigenvalue weighted by molar-refractivity contribution is 0.898. The molecule has 0 saturated carbocycles. The Labute approximate surface area is 140 Å². The van der Waals surface area contributed by atoms with Crippen LogP contribution in [-0.2, 0) is 0 Å². The Morgan fingerprint density at radius 3 is 1.35 bits per heavy atom. The van der Waals surface area contributed by atoms with E-state index in [1.807, 2.05) is 0 Å². The number of rotatable bonds is 6. The molecule has 124 valence electrons. The normalized spacial score (nSPS) is 11.0. The minimum atomic E-state index is 0.392. The van der Waals surface area contributed by atoms with Crippen molar-refractivity contribution in [3.05, 3.63) is 47.5 Å². The van der Waals surface area contributed by atoms with E-state index >= 15 is 0 Å². The molecule has 3 N–H and O–H groups in total. The van der Waals surface area contributed by atoms with Gasteiger partial charge >= 0.3 is 0 Å². The van der Waals surface area contributed by atoms with Gasteiger partial charge in [-0.15, -0.1) is 0 Å². The van der Waals surface area contributed by atoms with E-state index in [4.69, 9.17) is 0 Å². The van der Waals surface area contributed by atoms with E-state index in [1.54, 1.807) is 0 Å². The van der Waals surface area contributed by atoms with Gasteiger partial charge in [0.05, 0.1) is 22.7 Å². The standard InChI is InChI=1S/C20H29N3/c1-13(2)21-19-11-15(5)7-9-17(19)23-18-10-8-16(6)12-20(18)22-14(3)4/h7-14,21-23H,1-6H3. The molecule has 0 aliphatic heterocycles. The zero-order valence-corrected chi connectivity index (χ0v) is 15.1. The van der Waals surface area contributed by atoms with Gasteiger partial charge in [-0.3, -0.25) is 0 Å². The van der Waals surface area contributed by atoms with Crippen LogP contribution in [0.3, 0.4) is 0 Å². The Balaban J connectivity index is 2.35. The van der Waals surface area contributed by atoms with E-state index in [2.05, 4.69) is 93.9 Å². The summed E-state index contributed by atoms with van der Waals surface area (Å²) in [6.07, 6.45) is 0. The van der Waals surface area contributed by atoms with Gasteiger partial charge in [-0.05, 0) is 76.9 Å². The highest BCUT2D eigenvalue weighted by atomic mass is 15.0. The van der Waals surface area contributed by atoms with E-state index in [1.165, 1.54) is 11.1 Å². The van der Waals surface area contributed by atoms with Crippen LogP contribution in [0.15, 0.2) is 36.4 Å². The SMILES string of the molecule is Cc1ccc(Nc2ccc(C)cc2NC(C)C)c(NC(C)C)c1. The molecule has 0 aliphatic carbocycles. The quantitative estimate of drug-likeness (QED) is 0.641. The van der Waals surface area contributed by atoms with Crippen molar-refractivity contribution in [3.63, 3.8) is 0 Å². The van der Waals surface area contributed by atoms with Crippen LogP contribution in [-0.4, -0.2) is 12.1 Å². The second-order valence-corrected chi connectivity index (χ2v) is 6.82. The van der Waals surface area contributed by atoms with Crippen molar-refractivity contribution in [1.82, 2.24) is 0 Å². The summed E-state index contributed by atoms with van der Waals surface area (Å²) in [5.41, 5.74) is 6.97. The first-order valence-corrected chi connectivity index (χ1v) is 8.36. The summed E-state index contributed by atoms with van der Waals surface area (Å²) < 4.78 is 0. The van der Waals surface area contributed by atoms with Crippen molar-refractivity contribution in [2.75, 3.05) is 16.0 Å². The van der Waals surface area contributed by atoms with Crippen molar-refractivity contribution in [3.8, 4) is 0 Å². The van der Waals surface area contributed by atoms with Crippen molar-refractivity contribution in [2.24, 2.45) is 0 Å². The number of hydrogen-bond acceptors (Lipinski definition) is 3. The molecule has 0 aromatic heterocycles. The fourth-order valence-corrected chi connectivity index (χ4v) is 2.54. The maximum atomic E-state index is 3.58. The summed E-state index contributed by atoms with van der Waals surface area (Å²) in [7, 11) is 0. The maximum absolute atomic E-state index is 3.58. The molecule has 0 amide bonds. The Hall–Kier alpha value is -2.16. The fourth-order valence-electron chi connectivity index (χ4n) is 2.54. The van der Waals surface area contributed by atoms with Crippen LogP contribution in [0.1, 0.15) is 38.8 Å². The molecule has 2 rings (SSSR count). The summed E-state index contributed by atoms with van der Waals surface area (Å²) in [6.45, 7) is 12.9. The van der Waals surface area contributed by atoms with Crippen molar-refractivity contribution in [1.29, 1.82) is 0 Å². The van der Waals surface area contributed by atoms with Gasteiger partial charge in [0.2, 0.25) is 0 Å². The van der Waals surface area contributed by atoms with E-state index in [-0.39, 0.29) is 0 Å². The molecule has 3 heteroatoms. The molecule has 2 aromatic rings. The molecule has 0 radical (unpaired) electrons. The Bertz CT molecular complexity index is 602. The minimum absolute atomic E-state index is 0.392. The van der Waals surface area contributed by atoms with Crippen molar-refractivity contribution < 1.29 is 0 Å². The van der Waals surface area contributed by atoms with Gasteiger partial charge in [-0.1, -0.05) is 12.1 Å². The minimum Gasteiger partial charge on any atom is -0.381 e. The second kappa shape index (κ2) is 7.40. The highest BCUT2D eigenvalue weighted by Crippen LogP contribution is 2.32. The molecule has 0 heterocycles. The van der Waals surface area contributed by atoms with E-state index in [0.29, 0.717) is 12.1 Å². The summed E-state index contributed by atoms with van der Waals surface area (Å²) >= 11 is 0. The van der Waals surface area contributed by atoms with Crippen LogP contribution in [0, 0.1) is 13.8 Å². The smallest absolute Gasteiger partial charge is 0.0620 e. The number of aryl methyl sites for hydroxylation is 2. The van der Waals surface area contributed by atoms with Gasteiger partial charge in [-0.25, -0.2) is 0 Å². The second-order valence-electron chi connectivity index (χ2n) is 6.82. The average Bonchev–Trinajstić information content (AvgIpc) is 2.43. The van der Waals surface area contributed by atoms with Crippen LogP contribution in [0.25, 0.3) is 0 Å².